The van der Waals surface area contributed by atoms with E-state index in [0.29, 0.717) is 0 Å². The SMILES string of the molecule is C[Si](C)(C)CNOCCc1ccccc1. The second kappa shape index (κ2) is 6.05. The molecule has 1 aromatic carbocycles. The Morgan fingerprint density at radius 2 is 1.80 bits per heavy atom. The third-order valence-electron chi connectivity index (χ3n) is 2.04. The molecule has 0 aromatic heterocycles. The summed E-state index contributed by atoms with van der Waals surface area (Å²) in [6.45, 7) is 7.70. The number of nitrogens with one attached hydrogen (secondary N) is 1. The Morgan fingerprint density at radius 1 is 1.13 bits per heavy atom. The van der Waals surface area contributed by atoms with Crippen LogP contribution in [0.5, 0.6) is 0 Å². The molecule has 0 saturated carbocycles. The standard InChI is InChI=1S/C12H21NOSi/c1-15(2,3)11-13-14-10-9-12-7-5-4-6-8-12/h4-8,13H,9-11H2,1-3H3. The zero-order valence-electron chi connectivity index (χ0n) is 9.92. The molecule has 0 saturated heterocycles. The van der Waals surface area contributed by atoms with E-state index in [1.807, 2.05) is 6.07 Å². The average Bonchev–Trinajstić information content (AvgIpc) is 2.17. The molecule has 1 aromatic rings. The van der Waals surface area contributed by atoms with Crippen molar-refractivity contribution in [2.24, 2.45) is 0 Å². The van der Waals surface area contributed by atoms with Gasteiger partial charge in [-0.2, -0.15) is 0 Å². The molecule has 0 fully saturated rings. The quantitative estimate of drug-likeness (QED) is 0.455. The number of hydrogen-bond acceptors (Lipinski definition) is 2. The van der Waals surface area contributed by atoms with E-state index in [-0.39, 0.29) is 0 Å². The van der Waals surface area contributed by atoms with Crippen LogP contribution in [0, 0.1) is 0 Å². The van der Waals surface area contributed by atoms with Crippen LogP contribution in [-0.4, -0.2) is 20.8 Å². The second-order valence-corrected chi connectivity index (χ2v) is 10.4. The van der Waals surface area contributed by atoms with Crippen molar-refractivity contribution in [3.63, 3.8) is 0 Å². The predicted octanol–water partition coefficient (Wildman–Crippen LogP) is 2.63. The molecule has 0 aliphatic rings. The molecule has 0 unspecified atom stereocenters. The Hall–Kier alpha value is -0.643. The van der Waals surface area contributed by atoms with Crippen molar-refractivity contribution in [2.45, 2.75) is 26.1 Å². The number of hydroxylamine groups is 1. The van der Waals surface area contributed by atoms with Gasteiger partial charge in [-0.05, 0) is 12.0 Å². The summed E-state index contributed by atoms with van der Waals surface area (Å²) in [6, 6.07) is 10.4. The maximum absolute atomic E-state index is 5.40. The predicted molar refractivity (Wildman–Crippen MR) is 67.4 cm³/mol. The van der Waals surface area contributed by atoms with Crippen molar-refractivity contribution in [1.82, 2.24) is 5.48 Å². The van der Waals surface area contributed by atoms with Crippen LogP contribution in [0.2, 0.25) is 19.6 Å². The lowest BCUT2D eigenvalue weighted by Crippen LogP contribution is -2.36. The molecule has 0 spiro atoms. The molecule has 1 N–H and O–H groups in total. The normalized spacial score (nSPS) is 11.7. The molecule has 2 nitrogen and oxygen atoms in total. The minimum atomic E-state index is -1.02. The van der Waals surface area contributed by atoms with Gasteiger partial charge in [-0.1, -0.05) is 50.0 Å². The van der Waals surface area contributed by atoms with Crippen LogP contribution in [-0.2, 0) is 11.3 Å². The summed E-state index contributed by atoms with van der Waals surface area (Å²) in [7, 11) is -1.02. The summed E-state index contributed by atoms with van der Waals surface area (Å²) in [6.07, 6.45) is 1.99. The lowest BCUT2D eigenvalue weighted by atomic mass is 10.2. The first kappa shape index (κ1) is 12.4. The summed E-state index contributed by atoms with van der Waals surface area (Å²) in [5, 5.41) is 0. The molecular formula is C12H21NOSi. The van der Waals surface area contributed by atoms with E-state index in [1.54, 1.807) is 0 Å². The first-order valence-corrected chi connectivity index (χ1v) is 9.17. The number of benzene rings is 1. The van der Waals surface area contributed by atoms with Gasteiger partial charge in [0.1, 0.15) is 0 Å². The van der Waals surface area contributed by atoms with Gasteiger partial charge in [0.05, 0.1) is 14.7 Å². The number of hydrogen-bond donors (Lipinski definition) is 1. The van der Waals surface area contributed by atoms with Gasteiger partial charge < -0.3 is 4.84 Å². The first-order valence-electron chi connectivity index (χ1n) is 5.46. The Morgan fingerprint density at radius 3 is 2.40 bits per heavy atom. The Kier molecular flexibility index (Phi) is 5.01. The fourth-order valence-corrected chi connectivity index (χ4v) is 1.69. The Labute approximate surface area is 93.6 Å². The summed E-state index contributed by atoms with van der Waals surface area (Å²) in [5.74, 6) is 0. The fraction of sp³-hybridized carbons (Fsp3) is 0.500. The highest BCUT2D eigenvalue weighted by molar-refractivity contribution is 6.76. The molecule has 15 heavy (non-hydrogen) atoms. The van der Waals surface area contributed by atoms with Gasteiger partial charge in [0.15, 0.2) is 0 Å². The zero-order chi connectivity index (χ0) is 11.1. The van der Waals surface area contributed by atoms with E-state index < -0.39 is 8.07 Å². The molecule has 0 bridgehead atoms. The van der Waals surface area contributed by atoms with Crippen molar-refractivity contribution in [1.29, 1.82) is 0 Å². The summed E-state index contributed by atoms with van der Waals surface area (Å²) in [4.78, 5) is 5.40. The van der Waals surface area contributed by atoms with E-state index in [1.165, 1.54) is 5.56 Å². The number of rotatable bonds is 6. The van der Waals surface area contributed by atoms with Crippen LogP contribution < -0.4 is 5.48 Å². The van der Waals surface area contributed by atoms with Gasteiger partial charge in [-0.3, -0.25) is 0 Å². The van der Waals surface area contributed by atoms with Crippen molar-refractivity contribution in [3.8, 4) is 0 Å². The molecule has 0 aliphatic carbocycles. The third kappa shape index (κ3) is 6.44. The summed E-state index contributed by atoms with van der Waals surface area (Å²) in [5.41, 5.74) is 4.38. The minimum absolute atomic E-state index is 0.745. The molecule has 0 heterocycles. The highest BCUT2D eigenvalue weighted by Crippen LogP contribution is 2.00. The second-order valence-electron chi connectivity index (χ2n) is 4.97. The molecule has 0 aliphatic heterocycles. The van der Waals surface area contributed by atoms with Crippen molar-refractivity contribution in [3.05, 3.63) is 35.9 Å². The average molecular weight is 223 g/mol. The molecule has 3 heteroatoms. The van der Waals surface area contributed by atoms with E-state index in [4.69, 9.17) is 4.84 Å². The van der Waals surface area contributed by atoms with Gasteiger partial charge in [0.2, 0.25) is 0 Å². The maximum Gasteiger partial charge on any atom is 0.0722 e. The largest absolute Gasteiger partial charge is 0.302 e. The third-order valence-corrected chi connectivity index (χ3v) is 3.25. The van der Waals surface area contributed by atoms with Gasteiger partial charge in [0, 0.05) is 6.17 Å². The van der Waals surface area contributed by atoms with Crippen LogP contribution in [0.4, 0.5) is 0 Å². The molecule has 0 amide bonds. The van der Waals surface area contributed by atoms with Crippen molar-refractivity contribution < 1.29 is 4.84 Å². The van der Waals surface area contributed by atoms with Gasteiger partial charge in [0.25, 0.3) is 0 Å². The lowest BCUT2D eigenvalue weighted by molar-refractivity contribution is 0.0537. The van der Waals surface area contributed by atoms with Crippen LogP contribution in [0.3, 0.4) is 0 Å². The molecule has 84 valence electrons. The Bertz CT molecular complexity index is 269. The van der Waals surface area contributed by atoms with Gasteiger partial charge in [-0.25, -0.2) is 5.48 Å². The molecule has 1 rings (SSSR count). The van der Waals surface area contributed by atoms with Crippen LogP contribution >= 0.6 is 0 Å². The van der Waals surface area contributed by atoms with Gasteiger partial charge >= 0.3 is 0 Å². The molecule has 0 radical (unpaired) electrons. The summed E-state index contributed by atoms with van der Waals surface area (Å²) < 4.78 is 0. The van der Waals surface area contributed by atoms with Crippen LogP contribution in [0.15, 0.2) is 30.3 Å². The van der Waals surface area contributed by atoms with Crippen molar-refractivity contribution in [2.75, 3.05) is 12.8 Å². The lowest BCUT2D eigenvalue weighted by Gasteiger charge is -2.16. The van der Waals surface area contributed by atoms with E-state index in [0.717, 1.165) is 19.2 Å². The smallest absolute Gasteiger partial charge is 0.0722 e. The molecule has 0 atom stereocenters. The van der Waals surface area contributed by atoms with E-state index in [9.17, 15) is 0 Å². The van der Waals surface area contributed by atoms with Crippen LogP contribution in [0.1, 0.15) is 5.56 Å². The minimum Gasteiger partial charge on any atom is -0.302 e. The van der Waals surface area contributed by atoms with E-state index >= 15 is 0 Å². The fourth-order valence-electron chi connectivity index (χ4n) is 1.15. The first-order chi connectivity index (χ1) is 7.08. The van der Waals surface area contributed by atoms with Crippen molar-refractivity contribution >= 4 is 8.07 Å². The molecular weight excluding hydrogens is 202 g/mol. The topological polar surface area (TPSA) is 21.3 Å². The van der Waals surface area contributed by atoms with Crippen LogP contribution in [0.25, 0.3) is 0 Å². The summed E-state index contributed by atoms with van der Waals surface area (Å²) >= 11 is 0. The highest BCUT2D eigenvalue weighted by atomic mass is 28.3. The monoisotopic (exact) mass is 223 g/mol. The van der Waals surface area contributed by atoms with Gasteiger partial charge in [-0.15, -0.1) is 0 Å². The highest BCUT2D eigenvalue weighted by Gasteiger charge is 2.11. The zero-order valence-corrected chi connectivity index (χ0v) is 10.9. The maximum atomic E-state index is 5.40. The Balaban J connectivity index is 2.08. The van der Waals surface area contributed by atoms with E-state index in [2.05, 4.69) is 49.4 Å².